The van der Waals surface area contributed by atoms with Gasteiger partial charge in [-0.3, -0.25) is 4.79 Å². The molecule has 0 spiro atoms. The summed E-state index contributed by atoms with van der Waals surface area (Å²) < 4.78 is 10.8. The number of rotatable bonds is 3. The Labute approximate surface area is 173 Å². The first-order valence-electron chi connectivity index (χ1n) is 10.1. The number of carbonyl (C=O) groups is 1. The zero-order valence-electron chi connectivity index (χ0n) is 16.4. The van der Waals surface area contributed by atoms with E-state index in [2.05, 4.69) is 10.6 Å². The van der Waals surface area contributed by atoms with E-state index in [0.717, 1.165) is 5.56 Å². The Kier molecular flexibility index (Phi) is 4.57. The average Bonchev–Trinajstić information content (AvgIpc) is 3.22. The highest BCUT2D eigenvalue weighted by Crippen LogP contribution is 2.50. The summed E-state index contributed by atoms with van der Waals surface area (Å²) in [6.07, 6.45) is -2.07. The van der Waals surface area contributed by atoms with Crippen molar-refractivity contribution in [1.82, 2.24) is 10.6 Å². The molecule has 0 unspecified atom stereocenters. The monoisotopic (exact) mass is 412 g/mol. The molecule has 1 saturated carbocycles. The zero-order valence-corrected chi connectivity index (χ0v) is 16.4. The van der Waals surface area contributed by atoms with E-state index in [1.165, 1.54) is 0 Å². The highest BCUT2D eigenvalue weighted by Gasteiger charge is 2.52. The van der Waals surface area contributed by atoms with Gasteiger partial charge in [-0.15, -0.1) is 0 Å². The Morgan fingerprint density at radius 3 is 2.70 bits per heavy atom. The van der Waals surface area contributed by atoms with Gasteiger partial charge in [0.25, 0.3) is 5.91 Å². The molecule has 5 rings (SSSR count). The Morgan fingerprint density at radius 1 is 1.17 bits per heavy atom. The summed E-state index contributed by atoms with van der Waals surface area (Å²) in [6.45, 7) is 2.25. The first kappa shape index (κ1) is 19.2. The van der Waals surface area contributed by atoms with E-state index in [9.17, 15) is 20.1 Å². The molecule has 2 aromatic carbocycles. The molecule has 2 aromatic rings. The van der Waals surface area contributed by atoms with Crippen LogP contribution in [-0.4, -0.2) is 52.3 Å². The molecule has 1 aliphatic carbocycles. The van der Waals surface area contributed by atoms with Crippen molar-refractivity contribution in [2.75, 3.05) is 6.79 Å². The van der Waals surface area contributed by atoms with E-state index in [-0.39, 0.29) is 35.7 Å². The number of carbonyl (C=O) groups excluding carboxylic acids is 1. The van der Waals surface area contributed by atoms with Gasteiger partial charge < -0.3 is 35.4 Å². The van der Waals surface area contributed by atoms with Crippen LogP contribution in [0.5, 0.6) is 17.2 Å². The second-order valence-corrected chi connectivity index (χ2v) is 8.18. The minimum Gasteiger partial charge on any atom is -0.504 e. The molecule has 2 aliphatic heterocycles. The minimum atomic E-state index is -1.06. The molecule has 1 amide bonds. The average molecular weight is 412 g/mol. The van der Waals surface area contributed by atoms with Gasteiger partial charge in [0.2, 0.25) is 12.5 Å². The predicted octanol–water partition coefficient (Wildman–Crippen LogP) is 0.846. The van der Waals surface area contributed by atoms with Crippen molar-refractivity contribution in [3.8, 4) is 17.2 Å². The molecular formula is C22H24N2O6. The third kappa shape index (κ3) is 2.83. The van der Waals surface area contributed by atoms with Crippen LogP contribution < -0.4 is 20.1 Å². The first-order chi connectivity index (χ1) is 14.5. The SMILES string of the molecule is C[C@@H]1[C@H](O)[C@@H](O)[C@H](NCc2ccccc2)[C@@H]2c3cc4c(c(O)c3C(=O)N[C@@H]12)OCO4. The Bertz CT molecular complexity index is 981. The lowest BCUT2D eigenvalue weighted by Crippen LogP contribution is -2.66. The summed E-state index contributed by atoms with van der Waals surface area (Å²) in [5, 5.41) is 38.6. The molecule has 6 atom stereocenters. The van der Waals surface area contributed by atoms with Gasteiger partial charge in [0.1, 0.15) is 0 Å². The van der Waals surface area contributed by atoms with E-state index < -0.39 is 30.2 Å². The molecule has 0 saturated heterocycles. The number of aromatic hydroxyl groups is 1. The molecule has 1 fully saturated rings. The highest BCUT2D eigenvalue weighted by atomic mass is 16.7. The number of phenols is 1. The number of hydrogen-bond acceptors (Lipinski definition) is 7. The maximum Gasteiger partial charge on any atom is 0.255 e. The van der Waals surface area contributed by atoms with Gasteiger partial charge in [0.05, 0.1) is 17.8 Å². The molecule has 0 aromatic heterocycles. The van der Waals surface area contributed by atoms with Crippen LogP contribution in [0.1, 0.15) is 34.3 Å². The standard InChI is InChI=1S/C22H24N2O6/c1-10-16-14(17(20(27)18(10)25)23-8-11-5-3-2-4-6-11)12-7-13-21(30-9-29-13)19(26)15(12)22(28)24-16/h2-7,10,14,16-18,20,23,25-27H,8-9H2,1H3,(H,24,28)/t10-,14+,16-,17+,18-,20-/m0/s1. The van der Waals surface area contributed by atoms with Gasteiger partial charge in [-0.1, -0.05) is 37.3 Å². The topological polar surface area (TPSA) is 120 Å². The van der Waals surface area contributed by atoms with Crippen LogP contribution in [0.2, 0.25) is 0 Å². The summed E-state index contributed by atoms with van der Waals surface area (Å²) in [5.74, 6) is -0.930. The number of phenolic OH excluding ortho intramolecular Hbond substituents is 1. The molecule has 5 N–H and O–H groups in total. The van der Waals surface area contributed by atoms with E-state index in [1.54, 1.807) is 13.0 Å². The zero-order chi connectivity index (χ0) is 21.0. The van der Waals surface area contributed by atoms with Crippen LogP contribution in [0.4, 0.5) is 0 Å². The minimum absolute atomic E-state index is 0.0328. The summed E-state index contributed by atoms with van der Waals surface area (Å²) in [6, 6.07) is 10.5. The van der Waals surface area contributed by atoms with Crippen molar-refractivity contribution >= 4 is 5.91 Å². The van der Waals surface area contributed by atoms with Gasteiger partial charge in [-0.25, -0.2) is 0 Å². The maximum absolute atomic E-state index is 12.8. The third-order valence-corrected chi connectivity index (χ3v) is 6.53. The van der Waals surface area contributed by atoms with Crippen LogP contribution in [-0.2, 0) is 6.54 Å². The van der Waals surface area contributed by atoms with E-state index in [0.29, 0.717) is 17.9 Å². The molecular weight excluding hydrogens is 388 g/mol. The number of hydrogen-bond donors (Lipinski definition) is 5. The molecule has 3 aliphatic rings. The Balaban J connectivity index is 1.58. The second kappa shape index (κ2) is 7.16. The van der Waals surface area contributed by atoms with Crippen LogP contribution in [0.3, 0.4) is 0 Å². The summed E-state index contributed by atoms with van der Waals surface area (Å²) >= 11 is 0. The molecule has 0 bridgehead atoms. The lowest BCUT2D eigenvalue weighted by Gasteiger charge is -2.50. The quantitative estimate of drug-likeness (QED) is 0.507. The number of nitrogens with one attached hydrogen (secondary N) is 2. The summed E-state index contributed by atoms with van der Waals surface area (Å²) in [4.78, 5) is 12.8. The smallest absolute Gasteiger partial charge is 0.255 e. The number of fused-ring (bicyclic) bond motifs is 4. The van der Waals surface area contributed by atoms with Crippen LogP contribution in [0.25, 0.3) is 0 Å². The fourth-order valence-electron chi connectivity index (χ4n) is 4.96. The number of ether oxygens (including phenoxy) is 2. The van der Waals surface area contributed by atoms with Crippen LogP contribution in [0, 0.1) is 5.92 Å². The third-order valence-electron chi connectivity index (χ3n) is 6.53. The van der Waals surface area contributed by atoms with Crippen molar-refractivity contribution < 1.29 is 29.6 Å². The van der Waals surface area contributed by atoms with Crippen LogP contribution >= 0.6 is 0 Å². The lowest BCUT2D eigenvalue weighted by atomic mass is 9.66. The van der Waals surface area contributed by atoms with E-state index in [4.69, 9.17) is 9.47 Å². The van der Waals surface area contributed by atoms with Crippen LogP contribution in [0.15, 0.2) is 36.4 Å². The van der Waals surface area contributed by atoms with Crippen molar-refractivity contribution in [1.29, 1.82) is 0 Å². The molecule has 8 heteroatoms. The number of benzene rings is 2. The number of aliphatic hydroxyl groups is 2. The fourth-order valence-corrected chi connectivity index (χ4v) is 4.96. The summed E-state index contributed by atoms with van der Waals surface area (Å²) in [5.41, 5.74) is 1.74. The fraction of sp³-hybridized carbons (Fsp3) is 0.409. The van der Waals surface area contributed by atoms with Gasteiger partial charge in [-0.05, 0) is 17.2 Å². The highest BCUT2D eigenvalue weighted by molar-refractivity contribution is 6.01. The molecule has 30 heavy (non-hydrogen) atoms. The Morgan fingerprint density at radius 2 is 1.93 bits per heavy atom. The van der Waals surface area contributed by atoms with Crippen molar-refractivity contribution in [2.24, 2.45) is 5.92 Å². The van der Waals surface area contributed by atoms with E-state index in [1.807, 2.05) is 30.3 Å². The number of aliphatic hydroxyl groups excluding tert-OH is 2. The van der Waals surface area contributed by atoms with Crippen molar-refractivity contribution in [3.63, 3.8) is 0 Å². The van der Waals surface area contributed by atoms with Crippen molar-refractivity contribution in [2.45, 2.75) is 43.7 Å². The molecule has 0 radical (unpaired) electrons. The first-order valence-corrected chi connectivity index (χ1v) is 10.1. The molecule has 158 valence electrons. The largest absolute Gasteiger partial charge is 0.504 e. The normalized spacial score (nSPS) is 31.6. The second-order valence-electron chi connectivity index (χ2n) is 8.18. The van der Waals surface area contributed by atoms with Crippen molar-refractivity contribution in [3.05, 3.63) is 53.1 Å². The summed E-state index contributed by atoms with van der Waals surface area (Å²) in [7, 11) is 0. The maximum atomic E-state index is 12.8. The molecule has 2 heterocycles. The number of amides is 1. The van der Waals surface area contributed by atoms with Gasteiger partial charge in [0, 0.05) is 30.5 Å². The Hall–Kier alpha value is -2.81. The van der Waals surface area contributed by atoms with Gasteiger partial charge in [0.15, 0.2) is 11.5 Å². The lowest BCUT2D eigenvalue weighted by molar-refractivity contribution is -0.0784. The van der Waals surface area contributed by atoms with E-state index >= 15 is 0 Å². The van der Waals surface area contributed by atoms with Gasteiger partial charge >= 0.3 is 0 Å². The van der Waals surface area contributed by atoms with Gasteiger partial charge in [-0.2, -0.15) is 0 Å². The predicted molar refractivity (Wildman–Crippen MR) is 106 cm³/mol. The molecule has 8 nitrogen and oxygen atoms in total.